The predicted molar refractivity (Wildman–Crippen MR) is 128 cm³/mol. The first-order valence-electron chi connectivity index (χ1n) is 10.1. The molecule has 2 heterocycles. The van der Waals surface area contributed by atoms with Gasteiger partial charge in [0.1, 0.15) is 11.6 Å². The zero-order chi connectivity index (χ0) is 22.1. The summed E-state index contributed by atoms with van der Waals surface area (Å²) in [6.45, 7) is 2.07. The smallest absolute Gasteiger partial charge is 0.163 e. The summed E-state index contributed by atoms with van der Waals surface area (Å²) < 4.78 is 13.6. The molecule has 0 saturated carbocycles. The van der Waals surface area contributed by atoms with E-state index in [4.69, 9.17) is 21.6 Å². The number of benzene rings is 3. The molecule has 0 spiro atoms. The van der Waals surface area contributed by atoms with E-state index in [9.17, 15) is 4.39 Å². The normalized spacial score (nSPS) is 11.0. The van der Waals surface area contributed by atoms with Crippen molar-refractivity contribution >= 4 is 34.0 Å². The molecule has 0 fully saturated rings. The first-order chi connectivity index (χ1) is 15.6. The van der Waals surface area contributed by atoms with Crippen molar-refractivity contribution in [2.45, 2.75) is 6.92 Å². The third-order valence-corrected chi connectivity index (χ3v) is 5.47. The first-order valence-corrected chi connectivity index (χ1v) is 10.5. The molecule has 32 heavy (non-hydrogen) atoms. The Bertz CT molecular complexity index is 1420. The van der Waals surface area contributed by atoms with Crippen molar-refractivity contribution in [2.75, 3.05) is 5.32 Å². The summed E-state index contributed by atoms with van der Waals surface area (Å²) in [5.74, 6) is 0.679. The van der Waals surface area contributed by atoms with Crippen molar-refractivity contribution in [2.24, 2.45) is 0 Å². The highest BCUT2D eigenvalue weighted by Gasteiger charge is 2.12. The highest BCUT2D eigenvalue weighted by atomic mass is 35.5. The lowest BCUT2D eigenvalue weighted by Gasteiger charge is -2.13. The van der Waals surface area contributed by atoms with Crippen molar-refractivity contribution in [3.05, 3.63) is 102 Å². The fourth-order valence-corrected chi connectivity index (χ4v) is 3.67. The van der Waals surface area contributed by atoms with Gasteiger partial charge in [-0.3, -0.25) is 4.98 Å². The third kappa shape index (κ3) is 4.03. The van der Waals surface area contributed by atoms with Gasteiger partial charge in [0.05, 0.1) is 10.5 Å². The van der Waals surface area contributed by atoms with Crippen LogP contribution in [0.1, 0.15) is 5.56 Å². The molecule has 6 heteroatoms. The summed E-state index contributed by atoms with van der Waals surface area (Å²) >= 11 is 5.97. The van der Waals surface area contributed by atoms with Crippen molar-refractivity contribution in [1.82, 2.24) is 15.0 Å². The molecule has 0 radical (unpaired) electrons. The van der Waals surface area contributed by atoms with Crippen molar-refractivity contribution < 1.29 is 4.39 Å². The number of nitrogens with one attached hydrogen (secondary N) is 1. The number of rotatable bonds is 4. The van der Waals surface area contributed by atoms with Crippen LogP contribution < -0.4 is 5.32 Å². The zero-order valence-corrected chi connectivity index (χ0v) is 17.9. The largest absolute Gasteiger partial charge is 0.340 e. The summed E-state index contributed by atoms with van der Waals surface area (Å²) in [7, 11) is 0. The fraction of sp³-hybridized carbons (Fsp3) is 0.0385. The second kappa shape index (κ2) is 8.36. The van der Waals surface area contributed by atoms with Gasteiger partial charge in [0.2, 0.25) is 0 Å². The van der Waals surface area contributed by atoms with Crippen LogP contribution in [0.3, 0.4) is 0 Å². The number of aryl methyl sites for hydroxylation is 1. The van der Waals surface area contributed by atoms with E-state index >= 15 is 0 Å². The first kappa shape index (κ1) is 20.1. The van der Waals surface area contributed by atoms with Crippen LogP contribution in [0.25, 0.3) is 33.4 Å². The van der Waals surface area contributed by atoms with Crippen LogP contribution in [0.4, 0.5) is 15.9 Å². The Morgan fingerprint density at radius 2 is 1.66 bits per heavy atom. The molecule has 0 unspecified atom stereocenters. The minimum atomic E-state index is -0.469. The Kier molecular flexibility index (Phi) is 5.25. The van der Waals surface area contributed by atoms with Crippen LogP contribution in [0.15, 0.2) is 85.2 Å². The van der Waals surface area contributed by atoms with E-state index in [0.717, 1.165) is 27.6 Å². The second-order valence-electron chi connectivity index (χ2n) is 7.49. The van der Waals surface area contributed by atoms with Gasteiger partial charge in [-0.2, -0.15) is 0 Å². The summed E-state index contributed by atoms with van der Waals surface area (Å²) in [5, 5.41) is 4.15. The van der Waals surface area contributed by atoms with Crippen LogP contribution in [-0.4, -0.2) is 15.0 Å². The number of pyridine rings is 1. The van der Waals surface area contributed by atoms with E-state index in [1.807, 2.05) is 30.3 Å². The third-order valence-electron chi connectivity index (χ3n) is 5.18. The highest BCUT2D eigenvalue weighted by Crippen LogP contribution is 2.31. The molecule has 0 aliphatic carbocycles. The van der Waals surface area contributed by atoms with Crippen LogP contribution in [0.2, 0.25) is 5.02 Å². The fourth-order valence-electron chi connectivity index (χ4n) is 3.49. The summed E-state index contributed by atoms with van der Waals surface area (Å²) in [4.78, 5) is 13.7. The number of halogens is 2. The topological polar surface area (TPSA) is 50.7 Å². The maximum Gasteiger partial charge on any atom is 0.163 e. The standard InChI is InChI=1S/C26H18ClFN4/c1-16-4-6-17(7-5-16)18-8-10-21-24(13-18)31-25(19-3-2-12-29-15-19)32-26(21)30-20-9-11-23(28)22(27)14-20/h2-15H,1H3,(H,30,31,32). The lowest BCUT2D eigenvalue weighted by Crippen LogP contribution is -2.00. The number of nitrogens with zero attached hydrogens (tertiary/aromatic N) is 3. The van der Waals surface area contributed by atoms with E-state index in [1.165, 1.54) is 17.7 Å². The van der Waals surface area contributed by atoms with Gasteiger partial charge in [0, 0.05) is 29.0 Å². The number of hydrogen-bond acceptors (Lipinski definition) is 4. The zero-order valence-electron chi connectivity index (χ0n) is 17.2. The predicted octanol–water partition coefficient (Wildman–Crippen LogP) is 7.20. The van der Waals surface area contributed by atoms with Gasteiger partial charge < -0.3 is 5.32 Å². The van der Waals surface area contributed by atoms with Gasteiger partial charge in [-0.15, -0.1) is 0 Å². The lowest BCUT2D eigenvalue weighted by atomic mass is 10.0. The maximum absolute atomic E-state index is 13.6. The maximum atomic E-state index is 13.6. The van der Waals surface area contributed by atoms with Gasteiger partial charge in [-0.05, 0) is 60.5 Å². The Morgan fingerprint density at radius 3 is 2.41 bits per heavy atom. The monoisotopic (exact) mass is 440 g/mol. The Hall–Kier alpha value is -3.83. The summed E-state index contributed by atoms with van der Waals surface area (Å²) in [6, 6.07) is 22.7. The van der Waals surface area contributed by atoms with Crippen LogP contribution in [0.5, 0.6) is 0 Å². The molecule has 3 aromatic carbocycles. The van der Waals surface area contributed by atoms with E-state index in [-0.39, 0.29) is 5.02 Å². The van der Waals surface area contributed by atoms with Gasteiger partial charge in [0.15, 0.2) is 5.82 Å². The van der Waals surface area contributed by atoms with Gasteiger partial charge >= 0.3 is 0 Å². The van der Waals surface area contributed by atoms with Gasteiger partial charge in [0.25, 0.3) is 0 Å². The average Bonchev–Trinajstić information content (AvgIpc) is 2.82. The minimum absolute atomic E-state index is 0.0440. The number of hydrogen-bond donors (Lipinski definition) is 1. The molecular formula is C26H18ClFN4. The van der Waals surface area contributed by atoms with E-state index in [1.54, 1.807) is 18.5 Å². The van der Waals surface area contributed by atoms with Crippen molar-refractivity contribution in [3.8, 4) is 22.5 Å². The average molecular weight is 441 g/mol. The molecule has 2 aromatic heterocycles. The molecule has 0 aliphatic rings. The van der Waals surface area contributed by atoms with Gasteiger partial charge in [-0.25, -0.2) is 14.4 Å². The number of anilines is 2. The number of aromatic nitrogens is 3. The van der Waals surface area contributed by atoms with E-state index < -0.39 is 5.82 Å². The molecular weight excluding hydrogens is 423 g/mol. The van der Waals surface area contributed by atoms with Crippen LogP contribution in [0, 0.1) is 12.7 Å². The Balaban J connectivity index is 1.66. The molecule has 4 nitrogen and oxygen atoms in total. The van der Waals surface area contributed by atoms with Crippen molar-refractivity contribution in [3.63, 3.8) is 0 Å². The SMILES string of the molecule is Cc1ccc(-c2ccc3c(Nc4ccc(F)c(Cl)c4)nc(-c4cccnc4)nc3c2)cc1. The van der Waals surface area contributed by atoms with Gasteiger partial charge in [-0.1, -0.05) is 47.5 Å². The molecule has 5 rings (SSSR count). The van der Waals surface area contributed by atoms with E-state index in [2.05, 4.69) is 41.5 Å². The highest BCUT2D eigenvalue weighted by molar-refractivity contribution is 6.31. The summed E-state index contributed by atoms with van der Waals surface area (Å²) in [5.41, 5.74) is 5.60. The Labute approximate surface area is 189 Å². The minimum Gasteiger partial charge on any atom is -0.340 e. The lowest BCUT2D eigenvalue weighted by molar-refractivity contribution is 0.628. The molecule has 0 bridgehead atoms. The van der Waals surface area contributed by atoms with Crippen LogP contribution >= 0.6 is 11.6 Å². The number of fused-ring (bicyclic) bond motifs is 1. The molecule has 0 atom stereocenters. The summed E-state index contributed by atoms with van der Waals surface area (Å²) in [6.07, 6.45) is 3.43. The second-order valence-corrected chi connectivity index (χ2v) is 7.90. The Morgan fingerprint density at radius 1 is 0.844 bits per heavy atom. The molecule has 0 amide bonds. The molecule has 0 saturated heterocycles. The molecule has 1 N–H and O–H groups in total. The van der Waals surface area contributed by atoms with Crippen molar-refractivity contribution in [1.29, 1.82) is 0 Å². The quantitative estimate of drug-likeness (QED) is 0.321. The molecule has 5 aromatic rings. The van der Waals surface area contributed by atoms with Crippen LogP contribution in [-0.2, 0) is 0 Å². The molecule has 0 aliphatic heterocycles. The molecule has 156 valence electrons. The van der Waals surface area contributed by atoms with E-state index in [0.29, 0.717) is 17.3 Å².